The van der Waals surface area contributed by atoms with Crippen molar-refractivity contribution < 1.29 is 27.6 Å². The molecule has 19 heavy (non-hydrogen) atoms. The Morgan fingerprint density at radius 3 is 2.95 bits per heavy atom. The molecule has 6 nitrogen and oxygen atoms in total. The fourth-order valence-electron chi connectivity index (χ4n) is 1.71. The number of rotatable bonds is 4. The molecule has 2 rings (SSSR count). The van der Waals surface area contributed by atoms with Crippen LogP contribution in [0.1, 0.15) is 15.9 Å². The molecule has 1 aliphatic heterocycles. The number of carbonyl (C=O) groups excluding carboxylic acids is 1. The first kappa shape index (κ1) is 14.0. The first-order chi connectivity index (χ1) is 8.87. The van der Waals surface area contributed by atoms with Crippen molar-refractivity contribution in [2.45, 2.75) is 6.61 Å². The van der Waals surface area contributed by atoms with Crippen LogP contribution in [-0.2, 0) is 25.8 Å². The largest absolute Gasteiger partial charge is 0.491 e. The molecule has 0 radical (unpaired) electrons. The third kappa shape index (κ3) is 3.56. The van der Waals surface area contributed by atoms with Gasteiger partial charge < -0.3 is 14.4 Å². The molecular weight excluding hydrogens is 271 g/mol. The van der Waals surface area contributed by atoms with E-state index in [4.69, 9.17) is 9.39 Å². The molecule has 1 aliphatic rings. The van der Waals surface area contributed by atoms with E-state index in [2.05, 4.69) is 0 Å². The summed E-state index contributed by atoms with van der Waals surface area (Å²) in [6.07, 6.45) is 1.07. The van der Waals surface area contributed by atoms with E-state index in [1.807, 2.05) is 0 Å². The number of carbonyl (C=O) groups is 1. The van der Waals surface area contributed by atoms with Crippen LogP contribution in [0.2, 0.25) is 0 Å². The summed E-state index contributed by atoms with van der Waals surface area (Å²) in [6.45, 7) is 0.119. The Morgan fingerprint density at radius 1 is 1.53 bits per heavy atom. The molecule has 0 saturated heterocycles. The van der Waals surface area contributed by atoms with Crippen molar-refractivity contribution in [3.8, 4) is 0 Å². The molecule has 102 valence electrons. The number of fused-ring (bicyclic) bond motifs is 1. The zero-order chi connectivity index (χ0) is 14.0. The second-order valence-electron chi connectivity index (χ2n) is 4.34. The molecule has 0 aromatic heterocycles. The van der Waals surface area contributed by atoms with Gasteiger partial charge in [-0.05, 0) is 23.2 Å². The second kappa shape index (κ2) is 5.32. The maximum atomic E-state index is 11.7. The van der Waals surface area contributed by atoms with Crippen LogP contribution in [0.3, 0.4) is 0 Å². The Hall–Kier alpha value is -1.38. The van der Waals surface area contributed by atoms with Gasteiger partial charge in [-0.3, -0.25) is 0 Å². The van der Waals surface area contributed by atoms with Crippen LogP contribution >= 0.6 is 0 Å². The van der Waals surface area contributed by atoms with E-state index in [0.29, 0.717) is 12.1 Å². The highest BCUT2D eigenvalue weighted by molar-refractivity contribution is 7.90. The molecule has 0 saturated carbocycles. The third-order valence-corrected chi connectivity index (χ3v) is 3.64. The molecule has 0 bridgehead atoms. The first-order valence-corrected chi connectivity index (χ1v) is 7.70. The fraction of sp³-hybridized carbons (Fsp3) is 0.364. The predicted octanol–water partition coefficient (Wildman–Crippen LogP) is -0.894. The molecule has 0 fully saturated rings. The molecule has 1 aromatic carbocycles. The smallest absolute Gasteiger partial charge is 0.461 e. The van der Waals surface area contributed by atoms with Gasteiger partial charge in [-0.25, -0.2) is 13.2 Å². The molecule has 0 amide bonds. The van der Waals surface area contributed by atoms with Crippen LogP contribution in [0.15, 0.2) is 18.2 Å². The lowest BCUT2D eigenvalue weighted by molar-refractivity contribution is 0.0529. The Morgan fingerprint density at radius 2 is 2.26 bits per heavy atom. The van der Waals surface area contributed by atoms with Crippen molar-refractivity contribution in [3.05, 3.63) is 29.3 Å². The molecule has 8 heteroatoms. The van der Waals surface area contributed by atoms with Gasteiger partial charge in [0, 0.05) is 6.26 Å². The highest BCUT2D eigenvalue weighted by Crippen LogP contribution is 2.12. The lowest BCUT2D eigenvalue weighted by Crippen LogP contribution is -2.29. The summed E-state index contributed by atoms with van der Waals surface area (Å²) in [7, 11) is -4.19. The molecule has 1 N–H and O–H groups in total. The second-order valence-corrected chi connectivity index (χ2v) is 6.60. The van der Waals surface area contributed by atoms with E-state index in [0.717, 1.165) is 11.8 Å². The minimum absolute atomic E-state index is 0.187. The summed E-state index contributed by atoms with van der Waals surface area (Å²) in [4.78, 5) is 11.7. The summed E-state index contributed by atoms with van der Waals surface area (Å²) in [5.41, 5.74) is 1.62. The lowest BCUT2D eigenvalue weighted by Gasteiger charge is -2.05. The number of hydrogen-bond donors (Lipinski definition) is 1. The van der Waals surface area contributed by atoms with Gasteiger partial charge in [0.2, 0.25) is 0 Å². The van der Waals surface area contributed by atoms with E-state index < -0.39 is 22.9 Å². The molecule has 0 spiro atoms. The van der Waals surface area contributed by atoms with E-state index in [-0.39, 0.29) is 17.9 Å². The average Bonchev–Trinajstić information content (AvgIpc) is 2.69. The van der Waals surface area contributed by atoms with Gasteiger partial charge in [0.05, 0.1) is 17.9 Å². The molecule has 1 heterocycles. The van der Waals surface area contributed by atoms with Crippen molar-refractivity contribution in [1.29, 1.82) is 0 Å². The first-order valence-electron chi connectivity index (χ1n) is 5.64. The topological polar surface area (TPSA) is 89.9 Å². The van der Waals surface area contributed by atoms with Crippen molar-refractivity contribution in [2.24, 2.45) is 0 Å². The molecule has 0 aliphatic carbocycles. The number of sulfone groups is 1. The Kier molecular flexibility index (Phi) is 3.93. The van der Waals surface area contributed by atoms with Crippen molar-refractivity contribution in [3.63, 3.8) is 0 Å². The SMILES string of the molecule is CS(=O)(=O)CCOC(=O)c1ccc2c(c1)B(O)OC2. The van der Waals surface area contributed by atoms with Gasteiger partial charge in [0.1, 0.15) is 6.61 Å². The van der Waals surface area contributed by atoms with Crippen molar-refractivity contribution in [1.82, 2.24) is 0 Å². The third-order valence-electron chi connectivity index (χ3n) is 2.73. The fourth-order valence-corrected chi connectivity index (χ4v) is 2.10. The number of benzene rings is 1. The van der Waals surface area contributed by atoms with E-state index in [9.17, 15) is 18.2 Å². The van der Waals surface area contributed by atoms with Gasteiger partial charge in [-0.2, -0.15) is 0 Å². The van der Waals surface area contributed by atoms with Crippen LogP contribution < -0.4 is 5.46 Å². The molecular formula is C11H13BO6S. The Bertz CT molecular complexity index is 597. The summed E-state index contributed by atoms with van der Waals surface area (Å²) in [6, 6.07) is 4.73. The van der Waals surface area contributed by atoms with Crippen LogP contribution in [-0.4, -0.2) is 45.1 Å². The quantitative estimate of drug-likeness (QED) is 0.569. The average molecular weight is 284 g/mol. The van der Waals surface area contributed by atoms with Gasteiger partial charge in [0.25, 0.3) is 0 Å². The highest BCUT2D eigenvalue weighted by atomic mass is 32.2. The molecule has 0 atom stereocenters. The minimum atomic E-state index is -3.16. The monoisotopic (exact) mass is 284 g/mol. The van der Waals surface area contributed by atoms with Crippen molar-refractivity contribution >= 4 is 28.4 Å². The zero-order valence-electron chi connectivity index (χ0n) is 10.3. The lowest BCUT2D eigenvalue weighted by atomic mass is 9.79. The summed E-state index contributed by atoms with van der Waals surface area (Å²) < 4.78 is 31.7. The number of ether oxygens (including phenoxy) is 1. The maximum absolute atomic E-state index is 11.7. The molecule has 1 aromatic rings. The highest BCUT2D eigenvalue weighted by Gasteiger charge is 2.28. The standard InChI is InChI=1S/C11H13BO6S/c1-19(15,16)5-4-17-11(13)8-2-3-9-7-18-12(14)10(9)6-8/h2-3,6,14H,4-5,7H2,1H3. The molecule has 0 unspecified atom stereocenters. The Labute approximate surface area is 111 Å². The van der Waals surface area contributed by atoms with E-state index >= 15 is 0 Å². The normalized spacial score (nSPS) is 14.3. The maximum Gasteiger partial charge on any atom is 0.491 e. The Balaban J connectivity index is 2.02. The van der Waals surface area contributed by atoms with Crippen LogP contribution in [0, 0.1) is 0 Å². The van der Waals surface area contributed by atoms with Gasteiger partial charge in [-0.15, -0.1) is 0 Å². The van der Waals surface area contributed by atoms with E-state index in [1.54, 1.807) is 12.1 Å². The van der Waals surface area contributed by atoms with Crippen LogP contribution in [0.25, 0.3) is 0 Å². The minimum Gasteiger partial charge on any atom is -0.461 e. The van der Waals surface area contributed by atoms with Gasteiger partial charge >= 0.3 is 13.1 Å². The van der Waals surface area contributed by atoms with Crippen LogP contribution in [0.5, 0.6) is 0 Å². The van der Waals surface area contributed by atoms with E-state index in [1.165, 1.54) is 6.07 Å². The summed E-state index contributed by atoms with van der Waals surface area (Å²) in [5.74, 6) is -0.833. The van der Waals surface area contributed by atoms with Gasteiger partial charge in [0.15, 0.2) is 9.84 Å². The summed E-state index contributed by atoms with van der Waals surface area (Å²) in [5, 5.41) is 9.52. The van der Waals surface area contributed by atoms with Gasteiger partial charge in [-0.1, -0.05) is 6.07 Å². The number of esters is 1. The summed E-state index contributed by atoms with van der Waals surface area (Å²) >= 11 is 0. The van der Waals surface area contributed by atoms with Crippen molar-refractivity contribution in [2.75, 3.05) is 18.6 Å². The predicted molar refractivity (Wildman–Crippen MR) is 68.8 cm³/mol. The zero-order valence-corrected chi connectivity index (χ0v) is 11.1. The van der Waals surface area contributed by atoms with Crippen LogP contribution in [0.4, 0.5) is 0 Å². The number of hydrogen-bond acceptors (Lipinski definition) is 6.